The monoisotopic (exact) mass is 373 g/mol. The maximum Gasteiger partial charge on any atom is 0.254 e. The fourth-order valence-corrected chi connectivity index (χ4v) is 2.61. The zero-order chi connectivity index (χ0) is 20.1. The largest absolute Gasteiger partial charge is 0.366 e. The van der Waals surface area contributed by atoms with Gasteiger partial charge in [-0.2, -0.15) is 0 Å². The number of rotatable bonds is 6. The van der Waals surface area contributed by atoms with Crippen molar-refractivity contribution in [3.63, 3.8) is 0 Å². The van der Waals surface area contributed by atoms with E-state index in [1.807, 2.05) is 38.8 Å². The molecule has 0 unspecified atom stereocenters. The molecule has 0 aromatic heterocycles. The predicted octanol–water partition coefficient (Wildman–Crippen LogP) is 4.47. The highest BCUT2D eigenvalue weighted by atomic mass is 19.1. The molecule has 0 heterocycles. The molecule has 0 bridgehead atoms. The average Bonchev–Trinajstić information content (AvgIpc) is 2.64. The molecule has 0 aliphatic rings. The molecule has 0 fully saturated rings. The zero-order valence-corrected chi connectivity index (χ0v) is 16.4. The average molecular weight is 373 g/mol. The van der Waals surface area contributed by atoms with Gasteiger partial charge >= 0.3 is 0 Å². The van der Waals surface area contributed by atoms with E-state index < -0.39 is 11.6 Å². The third kappa shape index (κ3) is 4.90. The number of aliphatic imine (C=N–C) groups is 1. The Bertz CT molecular complexity index is 844. The maximum absolute atomic E-state index is 13.9. The Kier molecular flexibility index (Phi) is 6.66. The Morgan fingerprint density at radius 1 is 1.11 bits per heavy atom. The Labute approximate surface area is 159 Å². The molecule has 6 heteroatoms. The summed E-state index contributed by atoms with van der Waals surface area (Å²) < 4.78 is 27.7. The number of carbonyl (C=O) groups excluding carboxylic acids is 1. The summed E-state index contributed by atoms with van der Waals surface area (Å²) in [4.78, 5) is 20.5. The van der Waals surface area contributed by atoms with Crippen molar-refractivity contribution < 1.29 is 13.6 Å². The summed E-state index contributed by atoms with van der Waals surface area (Å²) in [6.07, 6.45) is 1.75. The van der Waals surface area contributed by atoms with Crippen LogP contribution in [-0.4, -0.2) is 42.7 Å². The number of amides is 1. The van der Waals surface area contributed by atoms with Crippen molar-refractivity contribution in [3.05, 3.63) is 64.2 Å². The normalized spacial score (nSPS) is 11.1. The predicted molar refractivity (Wildman–Crippen MR) is 105 cm³/mol. The van der Waals surface area contributed by atoms with Gasteiger partial charge in [-0.3, -0.25) is 4.79 Å². The SMILES string of the molecule is CCN(C)/C=N/c1cc(C)c(C(=O)N(C)Cc2c(F)cccc2F)cc1C. The van der Waals surface area contributed by atoms with Crippen LogP contribution in [0.4, 0.5) is 14.5 Å². The smallest absolute Gasteiger partial charge is 0.254 e. The summed E-state index contributed by atoms with van der Waals surface area (Å²) in [5, 5.41) is 0. The lowest BCUT2D eigenvalue weighted by Gasteiger charge is -2.20. The standard InChI is InChI=1S/C21H25F2N3O/c1-6-25(4)13-24-20-11-14(2)16(10-15(20)3)21(27)26(5)12-17-18(22)8-7-9-19(17)23/h7-11,13H,6,12H2,1-5H3/b24-13+. The first-order chi connectivity index (χ1) is 12.7. The van der Waals surface area contributed by atoms with E-state index in [-0.39, 0.29) is 18.0 Å². The van der Waals surface area contributed by atoms with Crippen molar-refractivity contribution in [2.45, 2.75) is 27.3 Å². The van der Waals surface area contributed by atoms with E-state index >= 15 is 0 Å². The van der Waals surface area contributed by atoms with E-state index in [1.165, 1.54) is 30.1 Å². The lowest BCUT2D eigenvalue weighted by molar-refractivity contribution is 0.0781. The summed E-state index contributed by atoms with van der Waals surface area (Å²) in [6.45, 7) is 6.44. The molecule has 2 aromatic rings. The van der Waals surface area contributed by atoms with Crippen molar-refractivity contribution in [3.8, 4) is 0 Å². The van der Waals surface area contributed by atoms with Crippen LogP contribution >= 0.6 is 0 Å². The van der Waals surface area contributed by atoms with Gasteiger partial charge in [0.1, 0.15) is 11.6 Å². The Morgan fingerprint density at radius 3 is 2.33 bits per heavy atom. The summed E-state index contributed by atoms with van der Waals surface area (Å²) in [6, 6.07) is 7.29. The van der Waals surface area contributed by atoms with E-state index in [0.29, 0.717) is 5.56 Å². The van der Waals surface area contributed by atoms with Crippen LogP contribution in [0.1, 0.15) is 34.0 Å². The topological polar surface area (TPSA) is 35.9 Å². The van der Waals surface area contributed by atoms with Gasteiger partial charge in [-0.1, -0.05) is 6.07 Å². The first kappa shape index (κ1) is 20.6. The van der Waals surface area contributed by atoms with Gasteiger partial charge in [-0.25, -0.2) is 13.8 Å². The number of nitrogens with zero attached hydrogens (tertiary/aromatic N) is 3. The van der Waals surface area contributed by atoms with Crippen LogP contribution in [0.15, 0.2) is 35.3 Å². The van der Waals surface area contributed by atoms with Crippen LogP contribution in [-0.2, 0) is 6.54 Å². The molecule has 0 N–H and O–H groups in total. The highest BCUT2D eigenvalue weighted by Gasteiger charge is 2.19. The number of aryl methyl sites for hydroxylation is 2. The molecule has 0 atom stereocenters. The zero-order valence-electron chi connectivity index (χ0n) is 16.4. The minimum Gasteiger partial charge on any atom is -0.366 e. The first-order valence-corrected chi connectivity index (χ1v) is 8.78. The summed E-state index contributed by atoms with van der Waals surface area (Å²) in [5.41, 5.74) is 2.78. The van der Waals surface area contributed by atoms with Gasteiger partial charge in [0.2, 0.25) is 0 Å². The quantitative estimate of drug-likeness (QED) is 0.553. The van der Waals surface area contributed by atoms with E-state index in [9.17, 15) is 13.6 Å². The van der Waals surface area contributed by atoms with Crippen molar-refractivity contribution in [2.24, 2.45) is 4.99 Å². The third-order valence-corrected chi connectivity index (χ3v) is 4.47. The lowest BCUT2D eigenvalue weighted by Crippen LogP contribution is -2.28. The van der Waals surface area contributed by atoms with Gasteiger partial charge in [0, 0.05) is 31.8 Å². The second-order valence-electron chi connectivity index (χ2n) is 6.63. The van der Waals surface area contributed by atoms with Gasteiger partial charge in [-0.05, 0) is 56.2 Å². The number of hydrogen-bond acceptors (Lipinski definition) is 2. The lowest BCUT2D eigenvalue weighted by atomic mass is 10.0. The molecule has 0 aliphatic carbocycles. The van der Waals surface area contributed by atoms with Gasteiger partial charge in [-0.15, -0.1) is 0 Å². The second-order valence-corrected chi connectivity index (χ2v) is 6.63. The molecule has 27 heavy (non-hydrogen) atoms. The molecule has 2 rings (SSSR count). The molecule has 0 spiro atoms. The number of halogens is 2. The Hall–Kier alpha value is -2.76. The molecule has 2 aromatic carbocycles. The van der Waals surface area contributed by atoms with Crippen molar-refractivity contribution in [1.29, 1.82) is 0 Å². The van der Waals surface area contributed by atoms with Crippen LogP contribution in [0.3, 0.4) is 0 Å². The molecule has 0 aliphatic heterocycles. The van der Waals surface area contributed by atoms with Crippen molar-refractivity contribution in [1.82, 2.24) is 9.80 Å². The van der Waals surface area contributed by atoms with Gasteiger partial charge < -0.3 is 9.80 Å². The van der Waals surface area contributed by atoms with E-state index in [0.717, 1.165) is 23.4 Å². The van der Waals surface area contributed by atoms with E-state index in [2.05, 4.69) is 4.99 Å². The fraction of sp³-hybridized carbons (Fsp3) is 0.333. The minimum atomic E-state index is -0.660. The molecule has 0 radical (unpaired) electrons. The van der Waals surface area contributed by atoms with Gasteiger partial charge in [0.25, 0.3) is 5.91 Å². The first-order valence-electron chi connectivity index (χ1n) is 8.78. The Balaban J connectivity index is 2.25. The number of carbonyl (C=O) groups is 1. The van der Waals surface area contributed by atoms with Crippen LogP contribution < -0.4 is 0 Å². The number of hydrogen-bond donors (Lipinski definition) is 0. The molecule has 0 saturated carbocycles. The van der Waals surface area contributed by atoms with Gasteiger partial charge in [0.05, 0.1) is 18.6 Å². The molecule has 4 nitrogen and oxygen atoms in total. The highest BCUT2D eigenvalue weighted by Crippen LogP contribution is 2.25. The van der Waals surface area contributed by atoms with E-state index in [4.69, 9.17) is 0 Å². The molecular weight excluding hydrogens is 348 g/mol. The number of benzene rings is 2. The van der Waals surface area contributed by atoms with Crippen LogP contribution in [0.25, 0.3) is 0 Å². The second kappa shape index (κ2) is 8.75. The van der Waals surface area contributed by atoms with Gasteiger partial charge in [0.15, 0.2) is 0 Å². The summed E-state index contributed by atoms with van der Waals surface area (Å²) >= 11 is 0. The van der Waals surface area contributed by atoms with E-state index in [1.54, 1.807) is 12.4 Å². The molecule has 144 valence electrons. The van der Waals surface area contributed by atoms with Crippen LogP contribution in [0.2, 0.25) is 0 Å². The molecular formula is C21H25F2N3O. The summed E-state index contributed by atoms with van der Waals surface area (Å²) in [5.74, 6) is -1.61. The maximum atomic E-state index is 13.9. The molecule has 1 amide bonds. The third-order valence-electron chi connectivity index (χ3n) is 4.47. The summed E-state index contributed by atoms with van der Waals surface area (Å²) in [7, 11) is 3.46. The van der Waals surface area contributed by atoms with Crippen molar-refractivity contribution in [2.75, 3.05) is 20.6 Å². The van der Waals surface area contributed by atoms with Crippen LogP contribution in [0.5, 0.6) is 0 Å². The highest BCUT2D eigenvalue weighted by molar-refractivity contribution is 5.96. The fourth-order valence-electron chi connectivity index (χ4n) is 2.61. The van der Waals surface area contributed by atoms with Crippen LogP contribution in [0, 0.1) is 25.5 Å². The molecule has 0 saturated heterocycles. The Morgan fingerprint density at radius 2 is 1.74 bits per heavy atom. The van der Waals surface area contributed by atoms with Crippen molar-refractivity contribution >= 4 is 17.9 Å². The minimum absolute atomic E-state index is 0.119.